The van der Waals surface area contributed by atoms with Crippen molar-refractivity contribution in [2.45, 2.75) is 0 Å². The van der Waals surface area contributed by atoms with Crippen molar-refractivity contribution in [1.29, 1.82) is 0 Å². The molecule has 0 radical (unpaired) electrons. The first-order valence-electron chi connectivity index (χ1n) is 1.77. The molecule has 0 saturated carbocycles. The van der Waals surface area contributed by atoms with Gasteiger partial charge in [0.1, 0.15) is 0 Å². The van der Waals surface area contributed by atoms with Crippen LogP contribution in [0.2, 0.25) is 0 Å². The Balaban J connectivity index is 0. The van der Waals surface area contributed by atoms with E-state index in [0.717, 1.165) is 0 Å². The van der Waals surface area contributed by atoms with Gasteiger partial charge in [-0.2, -0.15) is 0 Å². The van der Waals surface area contributed by atoms with Crippen LogP contribution in [-0.2, 0) is 14.6 Å². The van der Waals surface area contributed by atoms with Gasteiger partial charge in [0, 0.05) is 0 Å². The first kappa shape index (κ1) is 12.9. The molecule has 0 saturated heterocycles. The fraction of sp³-hybridized carbons (Fsp3) is 0.333. The third kappa shape index (κ3) is 12.4. The number of hydrogen-bond donors (Lipinski definition) is 0. The van der Waals surface area contributed by atoms with Crippen molar-refractivity contribution in [1.82, 2.24) is 0 Å². The normalized spacial score (nSPS) is 9.89. The molecule has 0 amide bonds. The second kappa shape index (κ2) is 5.99. The van der Waals surface area contributed by atoms with Gasteiger partial charge in [-0.1, -0.05) is 6.08 Å². The summed E-state index contributed by atoms with van der Waals surface area (Å²) in [6.07, 6.45) is 1.18. The van der Waals surface area contributed by atoms with Gasteiger partial charge in [-0.3, -0.25) is 4.18 Å². The zero-order valence-corrected chi connectivity index (χ0v) is 8.97. The molecule has 0 aromatic rings. The van der Waals surface area contributed by atoms with Crippen LogP contribution in [0.1, 0.15) is 0 Å². The van der Waals surface area contributed by atoms with Crippen molar-refractivity contribution in [3.8, 4) is 0 Å². The van der Waals surface area contributed by atoms with Crippen LogP contribution in [0.3, 0.4) is 0 Å². The van der Waals surface area contributed by atoms with Crippen LogP contribution in [-0.4, -0.2) is 19.6 Å². The SMILES string of the molecule is C=CCOS(=O)(=O)[O-].[K+]. The Morgan fingerprint density at radius 1 is 1.67 bits per heavy atom. The molecule has 0 aliphatic heterocycles. The molecule has 0 aromatic heterocycles. The molecule has 0 N–H and O–H groups in total. The summed E-state index contributed by atoms with van der Waals surface area (Å²) in [7, 11) is -4.51. The van der Waals surface area contributed by atoms with Gasteiger partial charge in [0.2, 0.25) is 10.4 Å². The summed E-state index contributed by atoms with van der Waals surface area (Å²) in [6, 6.07) is 0. The molecule has 0 spiro atoms. The van der Waals surface area contributed by atoms with E-state index in [1.54, 1.807) is 0 Å². The van der Waals surface area contributed by atoms with Crippen molar-refractivity contribution >= 4 is 10.4 Å². The van der Waals surface area contributed by atoms with Gasteiger partial charge in [-0.25, -0.2) is 8.42 Å². The predicted octanol–water partition coefficient (Wildman–Crippen LogP) is -3.35. The van der Waals surface area contributed by atoms with Crippen molar-refractivity contribution in [2.24, 2.45) is 0 Å². The van der Waals surface area contributed by atoms with Crippen molar-refractivity contribution in [3.05, 3.63) is 12.7 Å². The fourth-order valence-corrected chi connectivity index (χ4v) is 0.394. The molecular weight excluding hydrogens is 171 g/mol. The molecule has 0 atom stereocenters. The summed E-state index contributed by atoms with van der Waals surface area (Å²) in [5, 5.41) is 0. The Hall–Kier alpha value is 1.25. The average Bonchev–Trinajstić information content (AvgIpc) is 1.59. The maximum Gasteiger partial charge on any atom is 1.00 e. The van der Waals surface area contributed by atoms with Crippen LogP contribution in [0.25, 0.3) is 0 Å². The second-order valence-corrected chi connectivity index (χ2v) is 2.03. The predicted molar refractivity (Wildman–Crippen MR) is 25.8 cm³/mol. The Bertz CT molecular complexity index is 161. The van der Waals surface area contributed by atoms with Crippen LogP contribution in [0, 0.1) is 0 Å². The van der Waals surface area contributed by atoms with E-state index in [1.165, 1.54) is 6.08 Å². The molecule has 0 aliphatic carbocycles. The van der Waals surface area contributed by atoms with Crippen LogP contribution in [0.15, 0.2) is 12.7 Å². The molecule has 0 fully saturated rings. The van der Waals surface area contributed by atoms with Gasteiger partial charge in [0.15, 0.2) is 0 Å². The van der Waals surface area contributed by atoms with E-state index in [-0.39, 0.29) is 58.0 Å². The molecule has 0 aromatic carbocycles. The third-order valence-corrected chi connectivity index (χ3v) is 0.755. The van der Waals surface area contributed by atoms with Gasteiger partial charge in [0.25, 0.3) is 0 Å². The van der Waals surface area contributed by atoms with E-state index >= 15 is 0 Å². The fourth-order valence-electron chi connectivity index (χ4n) is 0.131. The minimum Gasteiger partial charge on any atom is -0.726 e. The van der Waals surface area contributed by atoms with Gasteiger partial charge in [-0.15, -0.1) is 6.58 Å². The molecule has 4 nitrogen and oxygen atoms in total. The molecular formula is C3H5KO4S. The Kier molecular flexibility index (Phi) is 8.57. The summed E-state index contributed by atoms with van der Waals surface area (Å²) >= 11 is 0. The largest absolute Gasteiger partial charge is 1.00 e. The monoisotopic (exact) mass is 176 g/mol. The first-order valence-corrected chi connectivity index (χ1v) is 3.11. The smallest absolute Gasteiger partial charge is 0.726 e. The maximum absolute atomic E-state index is 9.56. The average molecular weight is 176 g/mol. The first-order chi connectivity index (χ1) is 3.56. The molecule has 0 unspecified atom stereocenters. The van der Waals surface area contributed by atoms with E-state index in [4.69, 9.17) is 0 Å². The third-order valence-electron chi connectivity index (χ3n) is 0.330. The Labute approximate surface area is 96.7 Å². The minimum atomic E-state index is -4.51. The van der Waals surface area contributed by atoms with Crippen molar-refractivity contribution < 1.29 is 68.5 Å². The van der Waals surface area contributed by atoms with Crippen molar-refractivity contribution in [2.75, 3.05) is 6.61 Å². The van der Waals surface area contributed by atoms with Crippen molar-refractivity contribution in [3.63, 3.8) is 0 Å². The maximum atomic E-state index is 9.56. The summed E-state index contributed by atoms with van der Waals surface area (Å²) < 4.78 is 32.4. The van der Waals surface area contributed by atoms with Crippen LogP contribution < -0.4 is 51.4 Å². The molecule has 0 rings (SSSR count). The van der Waals surface area contributed by atoms with E-state index in [9.17, 15) is 13.0 Å². The summed E-state index contributed by atoms with van der Waals surface area (Å²) in [5.41, 5.74) is 0. The van der Waals surface area contributed by atoms with Crippen LogP contribution >= 0.6 is 0 Å². The molecule has 0 aliphatic rings. The van der Waals surface area contributed by atoms with Crippen LogP contribution in [0.4, 0.5) is 0 Å². The summed E-state index contributed by atoms with van der Waals surface area (Å²) in [6.45, 7) is 2.88. The zero-order valence-electron chi connectivity index (χ0n) is 5.03. The van der Waals surface area contributed by atoms with Gasteiger partial charge >= 0.3 is 51.4 Å². The molecule has 0 bridgehead atoms. The molecule has 9 heavy (non-hydrogen) atoms. The molecule has 48 valence electrons. The summed E-state index contributed by atoms with van der Waals surface area (Å²) in [4.78, 5) is 0. The van der Waals surface area contributed by atoms with E-state index in [0.29, 0.717) is 0 Å². The number of hydrogen-bond acceptors (Lipinski definition) is 4. The zero-order chi connectivity index (χ0) is 6.62. The minimum absolute atomic E-state index is 0. The van der Waals surface area contributed by atoms with Gasteiger partial charge in [0.05, 0.1) is 6.61 Å². The van der Waals surface area contributed by atoms with E-state index in [2.05, 4.69) is 10.8 Å². The van der Waals surface area contributed by atoms with Gasteiger partial charge in [-0.05, 0) is 0 Å². The van der Waals surface area contributed by atoms with Crippen LogP contribution in [0.5, 0.6) is 0 Å². The quantitative estimate of drug-likeness (QED) is 0.195. The Morgan fingerprint density at radius 3 is 2.22 bits per heavy atom. The molecule has 0 heterocycles. The molecule has 6 heteroatoms. The Morgan fingerprint density at radius 2 is 2.11 bits per heavy atom. The summed E-state index contributed by atoms with van der Waals surface area (Å²) in [5.74, 6) is 0. The van der Waals surface area contributed by atoms with E-state index in [1.807, 2.05) is 0 Å². The van der Waals surface area contributed by atoms with Gasteiger partial charge < -0.3 is 4.55 Å². The van der Waals surface area contributed by atoms with E-state index < -0.39 is 10.4 Å². The topological polar surface area (TPSA) is 66.4 Å². The standard InChI is InChI=1S/C3H6O4S.K/c1-2-3-7-8(4,5)6;/h2H,1,3H2,(H,4,5,6);/q;+1/p-1. The number of rotatable bonds is 3. The second-order valence-electron chi connectivity index (χ2n) is 0.981.